The summed E-state index contributed by atoms with van der Waals surface area (Å²) < 4.78 is 85.0. The number of anilines is 3. The van der Waals surface area contributed by atoms with Crippen molar-refractivity contribution in [1.82, 2.24) is 9.97 Å². The molecule has 0 spiro atoms. The summed E-state index contributed by atoms with van der Waals surface area (Å²) in [7, 11) is 0. The number of rotatable bonds is 7. The van der Waals surface area contributed by atoms with Crippen LogP contribution in [0, 0.1) is 17.0 Å². The van der Waals surface area contributed by atoms with E-state index in [1.807, 2.05) is 6.92 Å². The van der Waals surface area contributed by atoms with E-state index in [0.29, 0.717) is 50.6 Å². The van der Waals surface area contributed by atoms with Gasteiger partial charge in [0.25, 0.3) is 5.69 Å². The van der Waals surface area contributed by atoms with Crippen LogP contribution in [0.5, 0.6) is 5.88 Å². The Labute approximate surface area is 249 Å². The molecule has 2 fully saturated rings. The van der Waals surface area contributed by atoms with Crippen molar-refractivity contribution in [2.45, 2.75) is 57.1 Å². The first-order valence-electron chi connectivity index (χ1n) is 14.1. The molecule has 3 aromatic rings. The zero-order valence-electron chi connectivity index (χ0n) is 23.7. The molecule has 5 rings (SSSR count). The van der Waals surface area contributed by atoms with Crippen LogP contribution in [0.4, 0.5) is 49.2 Å². The summed E-state index contributed by atoms with van der Waals surface area (Å²) in [4.78, 5) is 22.7. The maximum Gasteiger partial charge on any atom is 0.423 e. The Kier molecular flexibility index (Phi) is 8.75. The molecule has 2 aliphatic rings. The highest BCUT2D eigenvalue weighted by Crippen LogP contribution is 2.39. The van der Waals surface area contributed by atoms with E-state index in [2.05, 4.69) is 20.2 Å². The third kappa shape index (κ3) is 7.08. The first-order chi connectivity index (χ1) is 20.8. The summed E-state index contributed by atoms with van der Waals surface area (Å²) in [5, 5.41) is 14.4. The topological polar surface area (TPSA) is 96.7 Å². The molecule has 0 amide bonds. The Hall–Kier alpha value is -4.30. The molecule has 0 aliphatic carbocycles. The Morgan fingerprint density at radius 1 is 0.886 bits per heavy atom. The lowest BCUT2D eigenvalue weighted by Crippen LogP contribution is -2.40. The zero-order valence-corrected chi connectivity index (χ0v) is 23.7. The van der Waals surface area contributed by atoms with Gasteiger partial charge < -0.3 is 19.9 Å². The lowest BCUT2D eigenvalue weighted by Gasteiger charge is -2.35. The molecular weight excluding hydrogens is 594 g/mol. The Morgan fingerprint density at radius 2 is 1.52 bits per heavy atom. The fourth-order valence-corrected chi connectivity index (χ4v) is 5.59. The number of nitro groups is 1. The lowest BCUT2D eigenvalue weighted by molar-refractivity contribution is -0.388. The first-order valence-corrected chi connectivity index (χ1v) is 14.1. The summed E-state index contributed by atoms with van der Waals surface area (Å²) in [5.41, 5.74) is -1.29. The van der Waals surface area contributed by atoms with Gasteiger partial charge in [0.05, 0.1) is 16.1 Å². The van der Waals surface area contributed by atoms with Crippen LogP contribution in [0.1, 0.15) is 42.4 Å². The van der Waals surface area contributed by atoms with Crippen LogP contribution < -0.4 is 19.9 Å². The van der Waals surface area contributed by atoms with Gasteiger partial charge in [-0.2, -0.15) is 26.3 Å². The minimum atomic E-state index is -4.85. The van der Waals surface area contributed by atoms with Gasteiger partial charge in [0, 0.05) is 62.5 Å². The first kappa shape index (κ1) is 31.1. The molecule has 2 saturated heterocycles. The van der Waals surface area contributed by atoms with Crippen molar-refractivity contribution < 1.29 is 36.0 Å². The minimum Gasteiger partial charge on any atom is -0.474 e. The number of nitrogens with one attached hydrogen (secondary N) is 1. The number of hydrogen-bond donors (Lipinski definition) is 1. The maximum absolute atomic E-state index is 13.4. The van der Waals surface area contributed by atoms with Crippen LogP contribution in [0.15, 0.2) is 48.8 Å². The predicted molar refractivity (Wildman–Crippen MR) is 151 cm³/mol. The van der Waals surface area contributed by atoms with E-state index in [-0.39, 0.29) is 17.8 Å². The van der Waals surface area contributed by atoms with Crippen LogP contribution >= 0.6 is 0 Å². The van der Waals surface area contributed by atoms with Gasteiger partial charge in [-0.3, -0.25) is 10.1 Å². The molecule has 2 aromatic carbocycles. The molecule has 44 heavy (non-hydrogen) atoms. The molecule has 0 atom stereocenters. The van der Waals surface area contributed by atoms with Crippen LogP contribution in [0.2, 0.25) is 0 Å². The monoisotopic (exact) mass is 624 g/mol. The number of alkyl halides is 6. The number of benzene rings is 2. The number of nitrogens with zero attached hydrogens (tertiary/aromatic N) is 5. The molecule has 1 aromatic heterocycles. The van der Waals surface area contributed by atoms with Crippen molar-refractivity contribution >= 4 is 22.9 Å². The SMILES string of the molecule is Cc1c(OC2CCN(c3ccc([N+](=O)[O-])c(C(F)(F)F)c3)CC2)ncnc1N1CCC(Nc2ccc(C(F)(F)F)cc2)CC1. The van der Waals surface area contributed by atoms with Gasteiger partial charge in [0.1, 0.15) is 23.8 Å². The van der Waals surface area contributed by atoms with Crippen molar-refractivity contribution in [3.05, 3.63) is 75.6 Å². The normalized spacial score (nSPS) is 17.1. The smallest absolute Gasteiger partial charge is 0.423 e. The number of hydrogen-bond acceptors (Lipinski definition) is 8. The van der Waals surface area contributed by atoms with Gasteiger partial charge in [-0.15, -0.1) is 0 Å². The molecule has 0 unspecified atom stereocenters. The van der Waals surface area contributed by atoms with Crippen molar-refractivity contribution in [1.29, 1.82) is 0 Å². The van der Waals surface area contributed by atoms with E-state index in [1.165, 1.54) is 24.5 Å². The summed E-state index contributed by atoms with van der Waals surface area (Å²) >= 11 is 0. The van der Waals surface area contributed by atoms with Crippen LogP contribution in [-0.2, 0) is 12.4 Å². The fourth-order valence-electron chi connectivity index (χ4n) is 5.59. The number of piperidine rings is 2. The minimum absolute atomic E-state index is 0.0917. The second-order valence-electron chi connectivity index (χ2n) is 10.9. The molecule has 0 saturated carbocycles. The van der Waals surface area contributed by atoms with E-state index in [0.717, 1.165) is 48.5 Å². The average molecular weight is 625 g/mol. The third-order valence-corrected chi connectivity index (χ3v) is 7.96. The summed E-state index contributed by atoms with van der Waals surface area (Å²) in [6.45, 7) is 4.00. The van der Waals surface area contributed by atoms with E-state index in [4.69, 9.17) is 4.74 Å². The van der Waals surface area contributed by atoms with Gasteiger partial charge in [-0.05, 0) is 56.2 Å². The third-order valence-electron chi connectivity index (χ3n) is 7.96. The van der Waals surface area contributed by atoms with Crippen LogP contribution in [0.3, 0.4) is 0 Å². The van der Waals surface area contributed by atoms with Gasteiger partial charge in [0.2, 0.25) is 5.88 Å². The maximum atomic E-state index is 13.4. The average Bonchev–Trinajstić information content (AvgIpc) is 2.98. The second-order valence-corrected chi connectivity index (χ2v) is 10.9. The van der Waals surface area contributed by atoms with Gasteiger partial charge in [-0.1, -0.05) is 0 Å². The van der Waals surface area contributed by atoms with E-state index in [9.17, 15) is 36.5 Å². The Bertz CT molecular complexity index is 1470. The second kappa shape index (κ2) is 12.4. The van der Waals surface area contributed by atoms with Crippen molar-refractivity contribution in [3.8, 4) is 5.88 Å². The Balaban J connectivity index is 1.16. The molecule has 0 bridgehead atoms. The highest BCUT2D eigenvalue weighted by atomic mass is 19.4. The molecule has 0 radical (unpaired) electrons. The largest absolute Gasteiger partial charge is 0.474 e. The van der Waals surface area contributed by atoms with Crippen LogP contribution in [-0.4, -0.2) is 53.2 Å². The van der Waals surface area contributed by atoms with Crippen molar-refractivity contribution in [2.75, 3.05) is 41.3 Å². The highest BCUT2D eigenvalue weighted by Gasteiger charge is 2.39. The van der Waals surface area contributed by atoms with Crippen molar-refractivity contribution in [3.63, 3.8) is 0 Å². The summed E-state index contributed by atoms with van der Waals surface area (Å²) in [6, 6.07) is 8.13. The van der Waals surface area contributed by atoms with Gasteiger partial charge in [0.15, 0.2) is 0 Å². The van der Waals surface area contributed by atoms with Crippen molar-refractivity contribution in [2.24, 2.45) is 0 Å². The van der Waals surface area contributed by atoms with E-state index in [1.54, 1.807) is 4.90 Å². The fraction of sp³-hybridized carbons (Fsp3) is 0.448. The van der Waals surface area contributed by atoms with Crippen LogP contribution in [0.25, 0.3) is 0 Å². The van der Waals surface area contributed by atoms with E-state index < -0.39 is 34.1 Å². The molecule has 1 N–H and O–H groups in total. The predicted octanol–water partition coefficient (Wildman–Crippen LogP) is 6.86. The number of ether oxygens (including phenoxy) is 1. The molecule has 9 nitrogen and oxygen atoms in total. The number of halogens is 6. The number of nitro benzene ring substituents is 1. The molecular formula is C29H30F6N6O3. The molecule has 236 valence electrons. The molecule has 3 heterocycles. The Morgan fingerprint density at radius 3 is 2.11 bits per heavy atom. The number of aromatic nitrogens is 2. The molecule has 2 aliphatic heterocycles. The quantitative estimate of drug-likeness (QED) is 0.173. The molecule has 15 heteroatoms. The summed E-state index contributed by atoms with van der Waals surface area (Å²) in [5.74, 6) is 1.15. The zero-order chi connectivity index (χ0) is 31.6. The van der Waals surface area contributed by atoms with Gasteiger partial charge in [-0.25, -0.2) is 9.97 Å². The van der Waals surface area contributed by atoms with E-state index >= 15 is 0 Å². The summed E-state index contributed by atoms with van der Waals surface area (Å²) in [6.07, 6.45) is -5.51. The lowest BCUT2D eigenvalue weighted by atomic mass is 10.0. The highest BCUT2D eigenvalue weighted by molar-refractivity contribution is 5.57. The van der Waals surface area contributed by atoms with Gasteiger partial charge >= 0.3 is 12.4 Å². The standard InChI is InChI=1S/C29H30F6N6O3/c1-18-26(40-12-8-21(9-13-40)38-20-4-2-19(3-5-20)28(30,31)32)36-17-37-27(18)44-23-10-14-39(15-11-23)22-6-7-25(41(42)43)24(16-22)29(33,34)35/h2-7,16-17,21,23,38H,8-15H2,1H3.